The van der Waals surface area contributed by atoms with Gasteiger partial charge in [-0.25, -0.2) is 0 Å². The smallest absolute Gasteiger partial charge is 0.123 e. The molecule has 2 heteroatoms. The maximum absolute atomic E-state index is 2.77. The minimum Gasteiger partial charge on any atom is -0.353 e. The Labute approximate surface area is 273 Å². The van der Waals surface area contributed by atoms with Crippen molar-refractivity contribution in [3.8, 4) is 0 Å². The van der Waals surface area contributed by atoms with Crippen LogP contribution in [0.2, 0.25) is 0 Å². The van der Waals surface area contributed by atoms with Gasteiger partial charge in [0.1, 0.15) is 5.66 Å². The van der Waals surface area contributed by atoms with Crippen LogP contribution in [0, 0.1) is 0 Å². The number of unbranched alkanes of at least 4 members (excludes halogenated alkanes) is 17. The number of benzene rings is 2. The summed E-state index contributed by atoms with van der Waals surface area (Å²) in [5.41, 5.74) is 2.88. The minimum absolute atomic E-state index is 0.0568. The second-order valence-electron chi connectivity index (χ2n) is 13.6. The lowest BCUT2D eigenvalue weighted by molar-refractivity contribution is -0.00378. The summed E-state index contributed by atoms with van der Waals surface area (Å²) in [4.78, 5) is 5.53. The SMILES string of the molecule is CCCCCCCCCCCCCCCCN1C=CN(CCCCCCC)C1(Cc1ccccc1)C(CC)c1ccccc1. The molecular weight excluding hydrogens is 532 g/mol. The zero-order valence-corrected chi connectivity index (χ0v) is 29.2. The summed E-state index contributed by atoms with van der Waals surface area (Å²) in [6.45, 7) is 9.32. The lowest BCUT2D eigenvalue weighted by Crippen LogP contribution is -2.59. The topological polar surface area (TPSA) is 6.48 Å². The lowest BCUT2D eigenvalue weighted by atomic mass is 9.78. The molecule has 2 atom stereocenters. The molecule has 2 aromatic carbocycles. The van der Waals surface area contributed by atoms with E-state index in [0.717, 1.165) is 25.9 Å². The average Bonchev–Trinajstić information content (AvgIpc) is 3.39. The van der Waals surface area contributed by atoms with Gasteiger partial charge in [-0.3, -0.25) is 0 Å². The van der Waals surface area contributed by atoms with Gasteiger partial charge in [-0.2, -0.15) is 0 Å². The van der Waals surface area contributed by atoms with Crippen LogP contribution in [-0.4, -0.2) is 28.6 Å². The molecule has 0 spiro atoms. The third kappa shape index (κ3) is 11.9. The molecule has 1 heterocycles. The zero-order valence-electron chi connectivity index (χ0n) is 29.2. The number of rotatable bonds is 26. The van der Waals surface area contributed by atoms with E-state index in [1.165, 1.54) is 133 Å². The molecule has 44 heavy (non-hydrogen) atoms. The highest BCUT2D eigenvalue weighted by molar-refractivity contribution is 5.30. The quantitative estimate of drug-likeness (QED) is 0.0991. The summed E-state index contributed by atoms with van der Waals surface area (Å²) in [7, 11) is 0. The van der Waals surface area contributed by atoms with Crippen molar-refractivity contribution in [2.75, 3.05) is 13.1 Å². The third-order valence-corrected chi connectivity index (χ3v) is 10.2. The molecule has 0 bridgehead atoms. The number of hydrogen-bond donors (Lipinski definition) is 0. The van der Waals surface area contributed by atoms with E-state index in [2.05, 4.69) is 104 Å². The van der Waals surface area contributed by atoms with Gasteiger partial charge in [-0.1, -0.05) is 191 Å². The Morgan fingerprint density at radius 1 is 0.477 bits per heavy atom. The Balaban J connectivity index is 1.60. The van der Waals surface area contributed by atoms with Crippen molar-refractivity contribution < 1.29 is 0 Å². The molecule has 0 aromatic heterocycles. The van der Waals surface area contributed by atoms with Gasteiger partial charge in [0.2, 0.25) is 0 Å². The van der Waals surface area contributed by atoms with E-state index < -0.39 is 0 Å². The molecule has 2 unspecified atom stereocenters. The summed E-state index contributed by atoms with van der Waals surface area (Å²) in [5.74, 6) is 0.446. The van der Waals surface area contributed by atoms with Gasteiger partial charge in [0.25, 0.3) is 0 Å². The van der Waals surface area contributed by atoms with Crippen LogP contribution < -0.4 is 0 Å². The van der Waals surface area contributed by atoms with E-state index in [1.807, 2.05) is 0 Å². The van der Waals surface area contributed by atoms with Crippen molar-refractivity contribution >= 4 is 0 Å². The normalized spacial score (nSPS) is 17.1. The minimum atomic E-state index is -0.0568. The van der Waals surface area contributed by atoms with Crippen LogP contribution in [0.1, 0.15) is 166 Å². The fraction of sp³-hybridized carbons (Fsp3) is 0.667. The summed E-state index contributed by atoms with van der Waals surface area (Å²) in [5, 5.41) is 0. The highest BCUT2D eigenvalue weighted by atomic mass is 15.4. The van der Waals surface area contributed by atoms with E-state index in [1.54, 1.807) is 0 Å². The molecule has 2 aromatic rings. The molecule has 3 rings (SSSR count). The predicted octanol–water partition coefficient (Wildman–Crippen LogP) is 12.7. The Morgan fingerprint density at radius 3 is 1.27 bits per heavy atom. The van der Waals surface area contributed by atoms with Crippen LogP contribution in [-0.2, 0) is 6.42 Å². The highest BCUT2D eigenvalue weighted by Gasteiger charge is 2.49. The van der Waals surface area contributed by atoms with E-state index in [9.17, 15) is 0 Å². The summed E-state index contributed by atoms with van der Waals surface area (Å²) in [6.07, 6.45) is 33.5. The fourth-order valence-corrected chi connectivity index (χ4v) is 7.62. The number of hydrogen-bond acceptors (Lipinski definition) is 2. The highest BCUT2D eigenvalue weighted by Crippen LogP contribution is 2.45. The van der Waals surface area contributed by atoms with Crippen LogP contribution in [0.3, 0.4) is 0 Å². The van der Waals surface area contributed by atoms with Gasteiger partial charge in [0, 0.05) is 37.8 Å². The van der Waals surface area contributed by atoms with E-state index >= 15 is 0 Å². The van der Waals surface area contributed by atoms with Gasteiger partial charge in [0.05, 0.1) is 0 Å². The summed E-state index contributed by atoms with van der Waals surface area (Å²) in [6, 6.07) is 22.7. The van der Waals surface area contributed by atoms with Gasteiger partial charge in [0.15, 0.2) is 0 Å². The van der Waals surface area contributed by atoms with Crippen molar-refractivity contribution in [3.63, 3.8) is 0 Å². The molecule has 1 aliphatic rings. The molecule has 0 saturated carbocycles. The average molecular weight is 601 g/mol. The second kappa shape index (κ2) is 22.3. The van der Waals surface area contributed by atoms with Crippen LogP contribution in [0.5, 0.6) is 0 Å². The van der Waals surface area contributed by atoms with E-state index in [0.29, 0.717) is 5.92 Å². The van der Waals surface area contributed by atoms with Crippen LogP contribution in [0.25, 0.3) is 0 Å². The summed E-state index contributed by atoms with van der Waals surface area (Å²) >= 11 is 0. The predicted molar refractivity (Wildman–Crippen MR) is 194 cm³/mol. The molecule has 246 valence electrons. The van der Waals surface area contributed by atoms with Gasteiger partial charge < -0.3 is 9.80 Å². The Kier molecular flexibility index (Phi) is 18.4. The Bertz CT molecular complexity index is 970. The largest absolute Gasteiger partial charge is 0.353 e. The molecule has 0 radical (unpaired) electrons. The Hall–Kier alpha value is -2.22. The van der Waals surface area contributed by atoms with E-state index in [4.69, 9.17) is 0 Å². The van der Waals surface area contributed by atoms with Gasteiger partial charge in [-0.05, 0) is 30.4 Å². The third-order valence-electron chi connectivity index (χ3n) is 10.2. The molecular formula is C42H68N2. The second-order valence-corrected chi connectivity index (χ2v) is 13.6. The molecule has 1 aliphatic heterocycles. The van der Waals surface area contributed by atoms with Gasteiger partial charge >= 0.3 is 0 Å². The molecule has 0 amide bonds. The zero-order chi connectivity index (χ0) is 31.1. The summed E-state index contributed by atoms with van der Waals surface area (Å²) < 4.78 is 0. The van der Waals surface area contributed by atoms with Crippen molar-refractivity contribution in [1.82, 2.24) is 9.80 Å². The molecule has 0 saturated heterocycles. The van der Waals surface area contributed by atoms with Crippen molar-refractivity contribution in [2.24, 2.45) is 0 Å². The molecule has 0 N–H and O–H groups in total. The first-order valence-corrected chi connectivity index (χ1v) is 19.1. The lowest BCUT2D eigenvalue weighted by Gasteiger charge is -2.51. The first-order chi connectivity index (χ1) is 21.8. The first-order valence-electron chi connectivity index (χ1n) is 19.1. The molecule has 2 nitrogen and oxygen atoms in total. The van der Waals surface area contributed by atoms with Crippen LogP contribution in [0.4, 0.5) is 0 Å². The molecule has 0 fully saturated rings. The monoisotopic (exact) mass is 601 g/mol. The standard InChI is InChI=1S/C42H68N2/c1-4-7-9-11-12-13-14-15-16-17-18-19-21-29-35-44-37-36-43(34-28-20-10-8-5-2)42(44,38-39-30-24-22-25-31-39)41(6-3)40-32-26-23-27-33-40/h22-27,30-33,36-37,41H,4-21,28-29,34-35,38H2,1-3H3. The number of nitrogens with zero attached hydrogens (tertiary/aromatic N) is 2. The van der Waals surface area contributed by atoms with E-state index in [-0.39, 0.29) is 5.66 Å². The first kappa shape index (κ1) is 36.3. The maximum Gasteiger partial charge on any atom is 0.123 e. The Morgan fingerprint density at radius 2 is 0.864 bits per heavy atom. The van der Waals surface area contributed by atoms with Crippen LogP contribution >= 0.6 is 0 Å². The van der Waals surface area contributed by atoms with Crippen molar-refractivity contribution in [1.29, 1.82) is 0 Å². The fourth-order valence-electron chi connectivity index (χ4n) is 7.62. The molecule has 0 aliphatic carbocycles. The van der Waals surface area contributed by atoms with Gasteiger partial charge in [-0.15, -0.1) is 0 Å². The maximum atomic E-state index is 2.77. The van der Waals surface area contributed by atoms with Crippen molar-refractivity contribution in [3.05, 3.63) is 84.2 Å². The van der Waals surface area contributed by atoms with Crippen LogP contribution in [0.15, 0.2) is 73.1 Å². The van der Waals surface area contributed by atoms with Crippen molar-refractivity contribution in [2.45, 2.75) is 167 Å².